The minimum atomic E-state index is -0.226. The van der Waals surface area contributed by atoms with E-state index >= 15 is 0 Å². The fraction of sp³-hybridized carbons (Fsp3) is 0.385. The Morgan fingerprint density at radius 3 is 2.63 bits per heavy atom. The van der Waals surface area contributed by atoms with Crippen molar-refractivity contribution in [2.45, 2.75) is 13.0 Å². The Morgan fingerprint density at radius 1 is 1.32 bits per heavy atom. The maximum atomic E-state index is 11.6. The number of morpholine rings is 1. The summed E-state index contributed by atoms with van der Waals surface area (Å²) in [5.74, 6) is 4.82. The molecule has 0 saturated carbocycles. The second-order valence-corrected chi connectivity index (χ2v) is 4.43. The van der Waals surface area contributed by atoms with E-state index in [4.69, 9.17) is 10.6 Å². The van der Waals surface area contributed by atoms with Crippen molar-refractivity contribution in [1.82, 2.24) is 10.3 Å². The van der Waals surface area contributed by atoms with Crippen molar-refractivity contribution in [2.75, 3.05) is 19.8 Å². The molecule has 102 valence electrons. The summed E-state index contributed by atoms with van der Waals surface area (Å²) in [5.41, 5.74) is 4.02. The highest BCUT2D eigenvalue weighted by molar-refractivity contribution is 5.78. The van der Waals surface area contributed by atoms with Gasteiger partial charge in [-0.25, -0.2) is 5.84 Å². The zero-order valence-electron chi connectivity index (χ0n) is 10.6. The summed E-state index contributed by atoms with van der Waals surface area (Å²) in [6, 6.07) is 7.58. The Kier molecular flexibility index (Phi) is 4.48. The van der Waals surface area contributed by atoms with Crippen LogP contribution in [0.4, 0.5) is 0 Å². The Hall–Kier alpha value is -1.92. The maximum absolute atomic E-state index is 11.6. The number of carbonyl (C=O) groups is 2. The number of nitrogens with one attached hydrogen (secondary N) is 1. The summed E-state index contributed by atoms with van der Waals surface area (Å²) < 4.78 is 5.08. The molecule has 0 aromatic heterocycles. The molecule has 0 aliphatic carbocycles. The number of nitrogens with two attached hydrogens (primary N) is 1. The molecule has 1 heterocycles. The largest absolute Gasteiger partial charge is 0.370 e. The Morgan fingerprint density at radius 2 is 2.00 bits per heavy atom. The van der Waals surface area contributed by atoms with Gasteiger partial charge in [0, 0.05) is 13.1 Å². The van der Waals surface area contributed by atoms with E-state index in [0.717, 1.165) is 11.1 Å². The van der Waals surface area contributed by atoms with Crippen LogP contribution in [0.15, 0.2) is 24.3 Å². The van der Waals surface area contributed by atoms with Crippen molar-refractivity contribution in [1.29, 1.82) is 0 Å². The number of rotatable bonds is 4. The third kappa shape index (κ3) is 3.77. The number of benzene rings is 1. The molecule has 3 N–H and O–H groups in total. The second-order valence-electron chi connectivity index (χ2n) is 4.43. The summed E-state index contributed by atoms with van der Waals surface area (Å²) in [4.78, 5) is 24.5. The van der Waals surface area contributed by atoms with E-state index in [9.17, 15) is 9.59 Å². The normalized spacial score (nSPS) is 15.4. The molecule has 0 radical (unpaired) electrons. The molecule has 1 fully saturated rings. The van der Waals surface area contributed by atoms with Gasteiger partial charge in [-0.3, -0.25) is 15.0 Å². The van der Waals surface area contributed by atoms with Crippen LogP contribution in [0.1, 0.15) is 11.1 Å². The quantitative estimate of drug-likeness (QED) is 0.439. The van der Waals surface area contributed by atoms with Crippen molar-refractivity contribution in [2.24, 2.45) is 5.84 Å². The molecule has 6 nitrogen and oxygen atoms in total. The first-order chi connectivity index (χ1) is 9.19. The van der Waals surface area contributed by atoms with E-state index in [1.165, 1.54) is 0 Å². The smallest absolute Gasteiger partial charge is 0.248 e. The first-order valence-electron chi connectivity index (χ1n) is 6.12. The van der Waals surface area contributed by atoms with Crippen LogP contribution < -0.4 is 11.3 Å². The van der Waals surface area contributed by atoms with Crippen molar-refractivity contribution >= 4 is 11.8 Å². The van der Waals surface area contributed by atoms with Gasteiger partial charge in [-0.05, 0) is 11.1 Å². The number of hydrogen-bond donors (Lipinski definition) is 2. The molecular formula is C13H17N3O3. The summed E-state index contributed by atoms with van der Waals surface area (Å²) in [6.07, 6.45) is 0.257. The molecule has 0 spiro atoms. The molecule has 2 rings (SSSR count). The molecule has 19 heavy (non-hydrogen) atoms. The van der Waals surface area contributed by atoms with Crippen LogP contribution >= 0.6 is 0 Å². The van der Waals surface area contributed by atoms with Gasteiger partial charge in [-0.1, -0.05) is 24.3 Å². The Labute approximate surface area is 111 Å². The van der Waals surface area contributed by atoms with E-state index in [-0.39, 0.29) is 24.8 Å². The van der Waals surface area contributed by atoms with Crippen LogP contribution in [0.3, 0.4) is 0 Å². The molecule has 0 atom stereocenters. The number of hydrazine groups is 1. The molecule has 0 bridgehead atoms. The first-order valence-corrected chi connectivity index (χ1v) is 6.12. The summed E-state index contributed by atoms with van der Waals surface area (Å²) in [7, 11) is 0. The molecule has 1 aliphatic rings. The van der Waals surface area contributed by atoms with Crippen LogP contribution in [-0.2, 0) is 27.3 Å². The minimum Gasteiger partial charge on any atom is -0.370 e. The van der Waals surface area contributed by atoms with Crippen LogP contribution in [0.5, 0.6) is 0 Å². The lowest BCUT2D eigenvalue weighted by molar-refractivity contribution is -0.143. The fourth-order valence-electron chi connectivity index (χ4n) is 1.94. The Bertz CT molecular complexity index is 459. The zero-order chi connectivity index (χ0) is 13.7. The van der Waals surface area contributed by atoms with E-state index in [0.29, 0.717) is 19.7 Å². The lowest BCUT2D eigenvalue weighted by Crippen LogP contribution is -2.40. The van der Waals surface area contributed by atoms with Gasteiger partial charge < -0.3 is 9.64 Å². The minimum absolute atomic E-state index is 0.0119. The summed E-state index contributed by atoms with van der Waals surface area (Å²) in [5, 5.41) is 0. The van der Waals surface area contributed by atoms with Gasteiger partial charge >= 0.3 is 0 Å². The second kappa shape index (κ2) is 6.31. The predicted octanol–water partition coefficient (Wildman–Crippen LogP) is -0.422. The zero-order valence-corrected chi connectivity index (χ0v) is 10.6. The number of hydrogen-bond acceptors (Lipinski definition) is 4. The molecule has 1 aromatic rings. The number of carbonyl (C=O) groups excluding carboxylic acids is 2. The van der Waals surface area contributed by atoms with Gasteiger partial charge in [-0.15, -0.1) is 0 Å². The van der Waals surface area contributed by atoms with Gasteiger partial charge in [0.15, 0.2) is 0 Å². The predicted molar refractivity (Wildman–Crippen MR) is 68.7 cm³/mol. The highest BCUT2D eigenvalue weighted by Gasteiger charge is 2.18. The number of amides is 2. The van der Waals surface area contributed by atoms with Crippen LogP contribution in [-0.4, -0.2) is 36.5 Å². The third-order valence-electron chi connectivity index (χ3n) is 3.01. The van der Waals surface area contributed by atoms with Crippen LogP contribution in [0, 0.1) is 0 Å². The molecule has 0 unspecified atom stereocenters. The standard InChI is InChI=1S/C13H17N3O3/c14-15-12(17)7-10-1-3-11(4-2-10)8-16-5-6-19-9-13(16)18/h1-4H,5-9,14H2,(H,15,17). The molecular weight excluding hydrogens is 246 g/mol. The molecule has 1 aliphatic heterocycles. The van der Waals surface area contributed by atoms with Gasteiger partial charge in [-0.2, -0.15) is 0 Å². The monoisotopic (exact) mass is 263 g/mol. The molecule has 2 amide bonds. The van der Waals surface area contributed by atoms with Crippen LogP contribution in [0.25, 0.3) is 0 Å². The third-order valence-corrected chi connectivity index (χ3v) is 3.01. The molecule has 6 heteroatoms. The number of ether oxygens (including phenoxy) is 1. The number of nitrogens with zero attached hydrogens (tertiary/aromatic N) is 1. The fourth-order valence-corrected chi connectivity index (χ4v) is 1.94. The van der Waals surface area contributed by atoms with Gasteiger partial charge in [0.2, 0.25) is 11.8 Å². The lowest BCUT2D eigenvalue weighted by atomic mass is 10.1. The van der Waals surface area contributed by atoms with Crippen LogP contribution in [0.2, 0.25) is 0 Å². The van der Waals surface area contributed by atoms with Gasteiger partial charge in [0.1, 0.15) is 6.61 Å². The maximum Gasteiger partial charge on any atom is 0.248 e. The van der Waals surface area contributed by atoms with Gasteiger partial charge in [0.25, 0.3) is 0 Å². The van der Waals surface area contributed by atoms with E-state index < -0.39 is 0 Å². The Balaban J connectivity index is 1.94. The van der Waals surface area contributed by atoms with Crippen molar-refractivity contribution in [3.63, 3.8) is 0 Å². The highest BCUT2D eigenvalue weighted by Crippen LogP contribution is 2.10. The first kappa shape index (κ1) is 13.5. The summed E-state index contributed by atoms with van der Waals surface area (Å²) in [6.45, 7) is 1.94. The van der Waals surface area contributed by atoms with Crippen molar-refractivity contribution in [3.05, 3.63) is 35.4 Å². The average Bonchev–Trinajstić information content (AvgIpc) is 2.43. The van der Waals surface area contributed by atoms with Crippen molar-refractivity contribution in [3.8, 4) is 0 Å². The average molecular weight is 263 g/mol. The topological polar surface area (TPSA) is 84.7 Å². The summed E-state index contributed by atoms with van der Waals surface area (Å²) >= 11 is 0. The lowest BCUT2D eigenvalue weighted by Gasteiger charge is -2.26. The SMILES string of the molecule is NNC(=O)Cc1ccc(CN2CCOCC2=O)cc1. The van der Waals surface area contributed by atoms with E-state index in [1.807, 2.05) is 24.3 Å². The molecule has 1 aromatic carbocycles. The van der Waals surface area contributed by atoms with Crippen molar-refractivity contribution < 1.29 is 14.3 Å². The molecule has 1 saturated heterocycles. The van der Waals surface area contributed by atoms with Gasteiger partial charge in [0.05, 0.1) is 13.0 Å². The van der Waals surface area contributed by atoms with E-state index in [2.05, 4.69) is 5.43 Å². The highest BCUT2D eigenvalue weighted by atomic mass is 16.5. The van der Waals surface area contributed by atoms with E-state index in [1.54, 1.807) is 4.90 Å².